The summed E-state index contributed by atoms with van der Waals surface area (Å²) in [6.45, 7) is 8.37. The Kier molecular flexibility index (Phi) is 8.72. The van der Waals surface area contributed by atoms with Crippen LogP contribution in [0.25, 0.3) is 0 Å². The second-order valence-corrected chi connectivity index (χ2v) is 7.65. The zero-order chi connectivity index (χ0) is 21.4. The van der Waals surface area contributed by atoms with Crippen LogP contribution in [-0.2, 0) is 4.74 Å². The Morgan fingerprint density at radius 2 is 2.14 bits per heavy atom. The Hall–Kier alpha value is -2.32. The van der Waals surface area contributed by atoms with E-state index in [4.69, 9.17) is 9.47 Å². The molecular formula is C21H34N4O4. The molecule has 3 atom stereocenters. The highest BCUT2D eigenvalue weighted by Gasteiger charge is 2.25. The third-order valence-corrected chi connectivity index (χ3v) is 5.02. The summed E-state index contributed by atoms with van der Waals surface area (Å²) in [4.78, 5) is 26.7. The Morgan fingerprint density at radius 1 is 1.38 bits per heavy atom. The van der Waals surface area contributed by atoms with Crippen molar-refractivity contribution in [2.45, 2.75) is 39.3 Å². The van der Waals surface area contributed by atoms with Crippen molar-refractivity contribution in [2.24, 2.45) is 5.92 Å². The van der Waals surface area contributed by atoms with E-state index < -0.39 is 0 Å². The van der Waals surface area contributed by atoms with Gasteiger partial charge in [-0.3, -0.25) is 4.79 Å². The third kappa shape index (κ3) is 6.61. The third-order valence-electron chi connectivity index (χ3n) is 5.02. The molecule has 0 fully saturated rings. The number of hydrogen-bond donors (Lipinski definition) is 3. The van der Waals surface area contributed by atoms with Crippen molar-refractivity contribution in [1.29, 1.82) is 0 Å². The number of ether oxygens (including phenoxy) is 2. The fraction of sp³-hybridized carbons (Fsp3) is 0.619. The largest absolute Gasteiger partial charge is 0.491 e. The summed E-state index contributed by atoms with van der Waals surface area (Å²) in [6, 6.07) is 4.92. The van der Waals surface area contributed by atoms with Crippen LogP contribution in [0.1, 0.15) is 37.6 Å². The highest BCUT2D eigenvalue weighted by atomic mass is 16.5. The number of hydrogen-bond acceptors (Lipinski definition) is 5. The van der Waals surface area contributed by atoms with Gasteiger partial charge in [0, 0.05) is 51.6 Å². The van der Waals surface area contributed by atoms with E-state index >= 15 is 0 Å². The number of amides is 3. The van der Waals surface area contributed by atoms with Crippen LogP contribution in [0.2, 0.25) is 0 Å². The molecule has 1 aromatic rings. The van der Waals surface area contributed by atoms with Crippen LogP contribution in [-0.4, -0.2) is 69.4 Å². The molecule has 3 N–H and O–H groups in total. The van der Waals surface area contributed by atoms with E-state index in [0.29, 0.717) is 36.7 Å². The smallest absolute Gasteiger partial charge is 0.319 e. The van der Waals surface area contributed by atoms with E-state index in [2.05, 4.69) is 22.9 Å². The SMILES string of the molecule is CCCNC(=O)Nc1ccc2c(c1)OC[C@H](C)NC[C@H](C)[C@@H](OC)CN(C)C2=O. The molecule has 0 bridgehead atoms. The topological polar surface area (TPSA) is 91.9 Å². The average Bonchev–Trinajstić information content (AvgIpc) is 2.71. The first-order valence-corrected chi connectivity index (χ1v) is 10.2. The quantitative estimate of drug-likeness (QED) is 0.714. The van der Waals surface area contributed by atoms with Crippen LogP contribution in [0.4, 0.5) is 10.5 Å². The van der Waals surface area contributed by atoms with Crippen LogP contribution in [0.5, 0.6) is 5.75 Å². The zero-order valence-electron chi connectivity index (χ0n) is 18.1. The predicted octanol–water partition coefficient (Wildman–Crippen LogP) is 2.31. The second-order valence-electron chi connectivity index (χ2n) is 7.65. The normalized spacial score (nSPS) is 23.3. The molecule has 1 aromatic carbocycles. The highest BCUT2D eigenvalue weighted by Crippen LogP contribution is 2.26. The lowest BCUT2D eigenvalue weighted by Gasteiger charge is -2.30. The summed E-state index contributed by atoms with van der Waals surface area (Å²) >= 11 is 0. The molecule has 1 heterocycles. The highest BCUT2D eigenvalue weighted by molar-refractivity contribution is 5.98. The Balaban J connectivity index is 2.27. The van der Waals surface area contributed by atoms with Crippen LogP contribution in [0, 0.1) is 5.92 Å². The van der Waals surface area contributed by atoms with Gasteiger partial charge in [-0.2, -0.15) is 0 Å². The number of nitrogens with zero attached hydrogens (tertiary/aromatic N) is 1. The van der Waals surface area contributed by atoms with Gasteiger partial charge in [0.1, 0.15) is 12.4 Å². The van der Waals surface area contributed by atoms with E-state index in [1.807, 2.05) is 13.8 Å². The van der Waals surface area contributed by atoms with Crippen molar-refractivity contribution in [1.82, 2.24) is 15.5 Å². The standard InChI is InChI=1S/C21H34N4O4/c1-6-9-22-21(27)24-16-7-8-17-18(10-16)29-13-15(3)23-11-14(2)19(28-5)12-25(4)20(17)26/h7-8,10,14-15,19,23H,6,9,11-13H2,1-5H3,(H2,22,24,27)/t14-,15-,19-/m0/s1. The minimum Gasteiger partial charge on any atom is -0.491 e. The van der Waals surface area contributed by atoms with Crippen molar-refractivity contribution >= 4 is 17.6 Å². The number of carbonyl (C=O) groups is 2. The van der Waals surface area contributed by atoms with Crippen LogP contribution in [0.3, 0.4) is 0 Å². The number of benzene rings is 1. The molecule has 0 spiro atoms. The molecule has 1 aliphatic rings. The number of urea groups is 1. The van der Waals surface area contributed by atoms with Gasteiger partial charge in [-0.25, -0.2) is 4.79 Å². The van der Waals surface area contributed by atoms with Gasteiger partial charge in [-0.15, -0.1) is 0 Å². The molecule has 0 aromatic heterocycles. The van der Waals surface area contributed by atoms with Gasteiger partial charge >= 0.3 is 6.03 Å². The number of anilines is 1. The first-order chi connectivity index (χ1) is 13.8. The molecule has 0 aliphatic carbocycles. The minimum atomic E-state index is -0.282. The van der Waals surface area contributed by atoms with Crippen LogP contribution in [0.15, 0.2) is 18.2 Å². The summed E-state index contributed by atoms with van der Waals surface area (Å²) in [5.41, 5.74) is 1.03. The van der Waals surface area contributed by atoms with Crippen molar-refractivity contribution in [3.05, 3.63) is 23.8 Å². The van der Waals surface area contributed by atoms with E-state index in [-0.39, 0.29) is 30.0 Å². The molecule has 2 rings (SSSR count). The molecular weight excluding hydrogens is 372 g/mol. The summed E-state index contributed by atoms with van der Waals surface area (Å²) in [6.07, 6.45) is 0.781. The number of nitrogens with one attached hydrogen (secondary N) is 3. The predicted molar refractivity (Wildman–Crippen MR) is 114 cm³/mol. The molecule has 1 aliphatic heterocycles. The van der Waals surface area contributed by atoms with E-state index in [9.17, 15) is 9.59 Å². The number of likely N-dealkylation sites (N-methyl/N-ethyl adjacent to an activating group) is 1. The molecule has 162 valence electrons. The molecule has 3 amide bonds. The van der Waals surface area contributed by atoms with Crippen LogP contribution < -0.4 is 20.7 Å². The zero-order valence-corrected chi connectivity index (χ0v) is 18.1. The summed E-state index contributed by atoms with van der Waals surface area (Å²) in [7, 11) is 3.43. The van der Waals surface area contributed by atoms with Crippen molar-refractivity contribution < 1.29 is 19.1 Å². The Morgan fingerprint density at radius 3 is 2.83 bits per heavy atom. The molecule has 29 heavy (non-hydrogen) atoms. The van der Waals surface area contributed by atoms with Crippen molar-refractivity contribution in [3.63, 3.8) is 0 Å². The molecule has 8 nitrogen and oxygen atoms in total. The van der Waals surface area contributed by atoms with E-state index in [0.717, 1.165) is 13.0 Å². The fourth-order valence-electron chi connectivity index (χ4n) is 3.15. The van der Waals surface area contributed by atoms with Crippen molar-refractivity contribution in [2.75, 3.05) is 45.7 Å². The van der Waals surface area contributed by atoms with Gasteiger partial charge in [0.2, 0.25) is 0 Å². The van der Waals surface area contributed by atoms with Gasteiger partial charge in [-0.1, -0.05) is 13.8 Å². The number of fused-ring (bicyclic) bond motifs is 1. The average molecular weight is 407 g/mol. The molecule has 0 saturated carbocycles. The van der Waals surface area contributed by atoms with Gasteiger partial charge in [0.25, 0.3) is 5.91 Å². The van der Waals surface area contributed by atoms with Gasteiger partial charge in [0.05, 0.1) is 11.7 Å². The van der Waals surface area contributed by atoms with Gasteiger partial charge in [0.15, 0.2) is 0 Å². The van der Waals surface area contributed by atoms with E-state index in [1.54, 1.807) is 37.3 Å². The second kappa shape index (κ2) is 11.0. The number of carbonyl (C=O) groups excluding carboxylic acids is 2. The Labute approximate surface area is 173 Å². The molecule has 0 unspecified atom stereocenters. The molecule has 0 saturated heterocycles. The lowest BCUT2D eigenvalue weighted by Crippen LogP contribution is -2.44. The Bertz CT molecular complexity index is 697. The molecule has 0 radical (unpaired) electrons. The lowest BCUT2D eigenvalue weighted by atomic mass is 10.0. The maximum Gasteiger partial charge on any atom is 0.319 e. The van der Waals surface area contributed by atoms with Gasteiger partial charge < -0.3 is 30.3 Å². The van der Waals surface area contributed by atoms with Crippen LogP contribution >= 0.6 is 0 Å². The fourth-order valence-corrected chi connectivity index (χ4v) is 3.15. The van der Waals surface area contributed by atoms with Gasteiger partial charge in [-0.05, 0) is 31.4 Å². The first kappa shape index (κ1) is 23.0. The van der Waals surface area contributed by atoms with Crippen molar-refractivity contribution in [3.8, 4) is 5.75 Å². The minimum absolute atomic E-state index is 0.0735. The summed E-state index contributed by atoms with van der Waals surface area (Å²) in [5.74, 6) is 0.550. The molecule has 8 heteroatoms. The maximum absolute atomic E-state index is 13.1. The number of methoxy groups -OCH3 is 1. The monoisotopic (exact) mass is 406 g/mol. The summed E-state index contributed by atoms with van der Waals surface area (Å²) < 4.78 is 11.6. The lowest BCUT2D eigenvalue weighted by molar-refractivity contribution is 0.0281. The van der Waals surface area contributed by atoms with E-state index in [1.165, 1.54) is 0 Å². The summed E-state index contributed by atoms with van der Waals surface area (Å²) in [5, 5.41) is 9.00. The maximum atomic E-state index is 13.1. The number of rotatable bonds is 4. The first-order valence-electron chi connectivity index (χ1n) is 10.2.